The van der Waals surface area contributed by atoms with Gasteiger partial charge >= 0.3 is 0 Å². The summed E-state index contributed by atoms with van der Waals surface area (Å²) in [5.74, 6) is 2.46. The van der Waals surface area contributed by atoms with Crippen LogP contribution in [-0.4, -0.2) is 34.7 Å². The molecule has 0 spiro atoms. The van der Waals surface area contributed by atoms with Gasteiger partial charge in [-0.3, -0.25) is 0 Å². The van der Waals surface area contributed by atoms with Crippen LogP contribution in [0.4, 0.5) is 17.6 Å². The van der Waals surface area contributed by atoms with E-state index in [0.717, 1.165) is 62.2 Å². The normalized spacial score (nSPS) is 18.3. The summed E-state index contributed by atoms with van der Waals surface area (Å²) < 4.78 is 0. The Hall–Kier alpha value is -2.90. The SMILES string of the molecule is S=C(NCC1(c2cccc(Cl)c2)CCCCC1)Nc1nc(N2CCCC2)cc(N2Cc3ccccc3C2)n1. The lowest BCUT2D eigenvalue weighted by Crippen LogP contribution is -2.43. The Kier molecular flexibility index (Phi) is 7.39. The number of anilines is 3. The number of nitrogens with zero attached hydrogens (tertiary/aromatic N) is 4. The highest BCUT2D eigenvalue weighted by Gasteiger charge is 2.34. The first-order valence-electron chi connectivity index (χ1n) is 13.8. The third-order valence-corrected chi connectivity index (χ3v) is 8.84. The van der Waals surface area contributed by atoms with Crippen LogP contribution in [0, 0.1) is 0 Å². The van der Waals surface area contributed by atoms with E-state index >= 15 is 0 Å². The zero-order valence-electron chi connectivity index (χ0n) is 21.8. The number of aromatic nitrogens is 2. The van der Waals surface area contributed by atoms with Gasteiger partial charge in [0.15, 0.2) is 5.11 Å². The molecule has 2 N–H and O–H groups in total. The highest BCUT2D eigenvalue weighted by atomic mass is 35.5. The van der Waals surface area contributed by atoms with Crippen molar-refractivity contribution >= 4 is 46.5 Å². The van der Waals surface area contributed by atoms with Crippen molar-refractivity contribution < 1.29 is 0 Å². The van der Waals surface area contributed by atoms with Crippen molar-refractivity contribution in [3.8, 4) is 0 Å². The molecule has 1 aliphatic carbocycles. The van der Waals surface area contributed by atoms with Crippen molar-refractivity contribution in [3.63, 3.8) is 0 Å². The molecule has 1 saturated carbocycles. The molecule has 6 nitrogen and oxygen atoms in total. The summed E-state index contributed by atoms with van der Waals surface area (Å²) in [5, 5.41) is 8.20. The number of thiocarbonyl (C=S) groups is 1. The maximum Gasteiger partial charge on any atom is 0.232 e. The predicted molar refractivity (Wildman–Crippen MR) is 160 cm³/mol. The number of rotatable bonds is 6. The molecule has 38 heavy (non-hydrogen) atoms. The molecule has 0 amide bonds. The maximum absolute atomic E-state index is 6.38. The Morgan fingerprint density at radius 3 is 2.21 bits per heavy atom. The summed E-state index contributed by atoms with van der Waals surface area (Å²) in [6, 6.07) is 19.1. The van der Waals surface area contributed by atoms with Gasteiger partial charge in [-0.1, -0.05) is 67.3 Å². The highest BCUT2D eigenvalue weighted by molar-refractivity contribution is 7.80. The molecule has 0 bridgehead atoms. The minimum atomic E-state index is 0.0274. The van der Waals surface area contributed by atoms with Crippen molar-refractivity contribution in [2.45, 2.75) is 63.5 Å². The highest BCUT2D eigenvalue weighted by Crippen LogP contribution is 2.40. The Labute approximate surface area is 235 Å². The monoisotopic (exact) mass is 546 g/mol. The van der Waals surface area contributed by atoms with Crippen molar-refractivity contribution in [3.05, 3.63) is 76.3 Å². The fourth-order valence-electron chi connectivity index (χ4n) is 6.25. The van der Waals surface area contributed by atoms with Gasteiger partial charge < -0.3 is 20.4 Å². The van der Waals surface area contributed by atoms with E-state index in [-0.39, 0.29) is 5.41 Å². The minimum Gasteiger partial charge on any atom is -0.361 e. The van der Waals surface area contributed by atoms with E-state index in [9.17, 15) is 0 Å². The number of benzene rings is 2. The summed E-state index contributed by atoms with van der Waals surface area (Å²) >= 11 is 12.2. The van der Waals surface area contributed by atoms with Gasteiger partial charge in [-0.25, -0.2) is 0 Å². The van der Waals surface area contributed by atoms with E-state index in [1.807, 2.05) is 6.07 Å². The van der Waals surface area contributed by atoms with Gasteiger partial charge in [-0.05, 0) is 66.7 Å². The van der Waals surface area contributed by atoms with Gasteiger partial charge in [0, 0.05) is 49.2 Å². The molecule has 0 atom stereocenters. The molecule has 3 aliphatic rings. The minimum absolute atomic E-state index is 0.0274. The second-order valence-corrected chi connectivity index (χ2v) is 11.7. The molecule has 3 heterocycles. The molecule has 2 aliphatic heterocycles. The number of fused-ring (bicyclic) bond motifs is 1. The van der Waals surface area contributed by atoms with Gasteiger partial charge in [0.05, 0.1) is 0 Å². The first-order chi connectivity index (χ1) is 18.6. The van der Waals surface area contributed by atoms with E-state index in [1.54, 1.807) is 0 Å². The summed E-state index contributed by atoms with van der Waals surface area (Å²) in [4.78, 5) is 14.5. The summed E-state index contributed by atoms with van der Waals surface area (Å²) in [5.41, 5.74) is 4.04. The molecular weight excluding hydrogens is 512 g/mol. The van der Waals surface area contributed by atoms with Gasteiger partial charge in [0.2, 0.25) is 5.95 Å². The Morgan fingerprint density at radius 2 is 1.53 bits per heavy atom. The van der Waals surface area contributed by atoms with Crippen LogP contribution in [-0.2, 0) is 18.5 Å². The first kappa shape index (κ1) is 25.4. The zero-order chi connectivity index (χ0) is 26.0. The van der Waals surface area contributed by atoms with Crippen molar-refractivity contribution in [1.82, 2.24) is 15.3 Å². The molecule has 198 valence electrons. The molecule has 0 unspecified atom stereocenters. The van der Waals surface area contributed by atoms with Crippen LogP contribution < -0.4 is 20.4 Å². The Bertz CT molecular complexity index is 1280. The number of hydrogen-bond acceptors (Lipinski definition) is 5. The molecule has 1 aromatic heterocycles. The average Bonchev–Trinajstić information content (AvgIpc) is 3.63. The van der Waals surface area contributed by atoms with Crippen LogP contribution >= 0.6 is 23.8 Å². The van der Waals surface area contributed by atoms with Crippen LogP contribution in [0.25, 0.3) is 0 Å². The van der Waals surface area contributed by atoms with Crippen LogP contribution in [0.2, 0.25) is 5.02 Å². The van der Waals surface area contributed by atoms with Gasteiger partial charge in [0.25, 0.3) is 0 Å². The van der Waals surface area contributed by atoms with E-state index in [2.05, 4.69) is 69.0 Å². The lowest BCUT2D eigenvalue weighted by atomic mass is 9.69. The van der Waals surface area contributed by atoms with Crippen LogP contribution in [0.1, 0.15) is 61.6 Å². The van der Waals surface area contributed by atoms with E-state index in [0.29, 0.717) is 11.1 Å². The van der Waals surface area contributed by atoms with Crippen molar-refractivity contribution in [2.24, 2.45) is 0 Å². The molecule has 6 rings (SSSR count). The van der Waals surface area contributed by atoms with Gasteiger partial charge in [-0.2, -0.15) is 9.97 Å². The van der Waals surface area contributed by atoms with Gasteiger partial charge in [-0.15, -0.1) is 0 Å². The quantitative estimate of drug-likeness (QED) is 0.345. The molecule has 2 fully saturated rings. The van der Waals surface area contributed by atoms with Crippen LogP contribution in [0.3, 0.4) is 0 Å². The topological polar surface area (TPSA) is 56.3 Å². The summed E-state index contributed by atoms with van der Waals surface area (Å²) in [6.45, 7) is 4.54. The third-order valence-electron chi connectivity index (χ3n) is 8.35. The summed E-state index contributed by atoms with van der Waals surface area (Å²) in [6.07, 6.45) is 8.37. The standard InChI is InChI=1S/C30H35ClN6S/c31-25-12-8-11-24(17-25)30(13-4-1-5-14-30)21-32-29(38)35-28-33-26(36-15-6-7-16-36)18-27(34-28)37-19-22-9-2-3-10-23(22)20-37/h2-3,8-12,17-18H,1,4-7,13-16,19-21H2,(H2,32,33,34,35,38). The smallest absolute Gasteiger partial charge is 0.232 e. The molecule has 2 aromatic carbocycles. The first-order valence-corrected chi connectivity index (χ1v) is 14.6. The van der Waals surface area contributed by atoms with Gasteiger partial charge in [0.1, 0.15) is 11.6 Å². The zero-order valence-corrected chi connectivity index (χ0v) is 23.3. The molecular formula is C30H35ClN6S. The molecule has 3 aromatic rings. The largest absolute Gasteiger partial charge is 0.361 e. The van der Waals surface area contributed by atoms with Crippen molar-refractivity contribution in [2.75, 3.05) is 34.8 Å². The van der Waals surface area contributed by atoms with Crippen LogP contribution in [0.5, 0.6) is 0 Å². The molecule has 0 radical (unpaired) electrons. The van der Waals surface area contributed by atoms with E-state index in [4.69, 9.17) is 33.8 Å². The maximum atomic E-state index is 6.38. The lowest BCUT2D eigenvalue weighted by Gasteiger charge is -2.38. The third kappa shape index (κ3) is 5.45. The molecule has 8 heteroatoms. The van der Waals surface area contributed by atoms with E-state index < -0.39 is 0 Å². The fourth-order valence-corrected chi connectivity index (χ4v) is 6.61. The lowest BCUT2D eigenvalue weighted by molar-refractivity contribution is 0.292. The van der Waals surface area contributed by atoms with Crippen molar-refractivity contribution in [1.29, 1.82) is 0 Å². The van der Waals surface area contributed by atoms with E-state index in [1.165, 1.54) is 48.8 Å². The predicted octanol–water partition coefficient (Wildman–Crippen LogP) is 6.44. The number of hydrogen-bond donors (Lipinski definition) is 2. The molecule has 1 saturated heterocycles. The Balaban J connectivity index is 1.20. The Morgan fingerprint density at radius 1 is 0.842 bits per heavy atom. The number of halogens is 1. The van der Waals surface area contributed by atoms with Crippen LogP contribution in [0.15, 0.2) is 54.6 Å². The second kappa shape index (κ2) is 11.1. The fraction of sp³-hybridized carbons (Fsp3) is 0.433. The second-order valence-electron chi connectivity index (χ2n) is 10.9. The summed E-state index contributed by atoms with van der Waals surface area (Å²) in [7, 11) is 0. The average molecular weight is 547 g/mol. The number of nitrogens with one attached hydrogen (secondary N) is 2.